The molecule has 0 aromatic heterocycles. The molecule has 1 saturated heterocycles. The summed E-state index contributed by atoms with van der Waals surface area (Å²) in [5.41, 5.74) is 4.66. The number of ether oxygens (including phenoxy) is 1. The van der Waals surface area contributed by atoms with Crippen LogP contribution < -0.4 is 10.2 Å². The van der Waals surface area contributed by atoms with Crippen LogP contribution in [0.5, 0.6) is 0 Å². The molecule has 6 heteroatoms. The number of morpholine rings is 1. The van der Waals surface area contributed by atoms with Crippen molar-refractivity contribution in [2.24, 2.45) is 0 Å². The van der Waals surface area contributed by atoms with Crippen LogP contribution in [-0.2, 0) is 11.2 Å². The van der Waals surface area contributed by atoms with Gasteiger partial charge in [-0.3, -0.25) is 9.69 Å². The molecular formula is C22H26BrN3O2. The first-order valence-electron chi connectivity index (χ1n) is 9.81. The Morgan fingerprint density at radius 2 is 2.00 bits per heavy atom. The van der Waals surface area contributed by atoms with Crippen molar-refractivity contribution in [3.8, 4) is 0 Å². The first kappa shape index (κ1) is 19.4. The summed E-state index contributed by atoms with van der Waals surface area (Å²) in [5, 5.41) is 3.15. The van der Waals surface area contributed by atoms with Crippen LogP contribution in [0.1, 0.15) is 27.5 Å². The van der Waals surface area contributed by atoms with E-state index in [0.29, 0.717) is 12.1 Å². The third-order valence-corrected chi connectivity index (χ3v) is 6.14. The number of hydrogen-bond acceptors (Lipinski definition) is 4. The van der Waals surface area contributed by atoms with Gasteiger partial charge >= 0.3 is 0 Å². The highest BCUT2D eigenvalue weighted by atomic mass is 79.9. The first-order valence-corrected chi connectivity index (χ1v) is 10.6. The maximum absolute atomic E-state index is 12.7. The molecule has 5 nitrogen and oxygen atoms in total. The van der Waals surface area contributed by atoms with Crippen molar-refractivity contribution in [2.75, 3.05) is 51.3 Å². The predicted molar refractivity (Wildman–Crippen MR) is 115 cm³/mol. The van der Waals surface area contributed by atoms with Crippen molar-refractivity contribution in [2.45, 2.75) is 12.5 Å². The molecule has 2 aliphatic heterocycles. The summed E-state index contributed by atoms with van der Waals surface area (Å²) >= 11 is 3.44. The second kappa shape index (κ2) is 8.64. The van der Waals surface area contributed by atoms with Gasteiger partial charge in [0, 0.05) is 49.0 Å². The smallest absolute Gasteiger partial charge is 0.251 e. The van der Waals surface area contributed by atoms with Crippen LogP contribution in [0.3, 0.4) is 0 Å². The molecule has 0 aliphatic carbocycles. The number of benzene rings is 2. The zero-order chi connectivity index (χ0) is 19.5. The van der Waals surface area contributed by atoms with Crippen molar-refractivity contribution in [3.63, 3.8) is 0 Å². The van der Waals surface area contributed by atoms with Gasteiger partial charge in [-0.05, 0) is 41.8 Å². The Balaban J connectivity index is 1.53. The van der Waals surface area contributed by atoms with Gasteiger partial charge in [0.05, 0.1) is 19.3 Å². The fourth-order valence-corrected chi connectivity index (χ4v) is 4.46. The maximum atomic E-state index is 12.7. The zero-order valence-electron chi connectivity index (χ0n) is 16.2. The molecule has 1 N–H and O–H groups in total. The zero-order valence-corrected chi connectivity index (χ0v) is 17.7. The number of amides is 1. The van der Waals surface area contributed by atoms with E-state index in [4.69, 9.17) is 4.74 Å². The summed E-state index contributed by atoms with van der Waals surface area (Å²) in [7, 11) is 2.14. The van der Waals surface area contributed by atoms with Crippen LogP contribution in [0.25, 0.3) is 0 Å². The van der Waals surface area contributed by atoms with E-state index in [9.17, 15) is 4.79 Å². The summed E-state index contributed by atoms with van der Waals surface area (Å²) in [4.78, 5) is 17.4. The monoisotopic (exact) mass is 443 g/mol. The topological polar surface area (TPSA) is 44.8 Å². The van der Waals surface area contributed by atoms with Gasteiger partial charge in [-0.1, -0.05) is 34.1 Å². The Labute approximate surface area is 174 Å². The molecule has 28 heavy (non-hydrogen) atoms. The molecule has 2 aromatic carbocycles. The number of fused-ring (bicyclic) bond motifs is 1. The quantitative estimate of drug-likeness (QED) is 0.769. The van der Waals surface area contributed by atoms with Crippen LogP contribution in [-0.4, -0.2) is 57.2 Å². The number of rotatable bonds is 5. The van der Waals surface area contributed by atoms with E-state index in [1.165, 1.54) is 16.8 Å². The van der Waals surface area contributed by atoms with E-state index in [1.54, 1.807) is 0 Å². The predicted octanol–water partition coefficient (Wildman–Crippen LogP) is 3.24. The summed E-state index contributed by atoms with van der Waals surface area (Å²) in [5.74, 6) is -0.0412. The van der Waals surface area contributed by atoms with E-state index >= 15 is 0 Å². The number of carbonyl (C=O) groups is 1. The molecule has 4 rings (SSSR count). The van der Waals surface area contributed by atoms with Crippen molar-refractivity contribution >= 4 is 27.5 Å². The lowest BCUT2D eigenvalue weighted by Gasteiger charge is -2.35. The SMILES string of the molecule is CN1CCc2cc([C@@H](CNC(=O)c3cccc(Br)c3)N3CCOCC3)ccc21. The fraction of sp³-hybridized carbons (Fsp3) is 0.409. The van der Waals surface area contributed by atoms with Crippen LogP contribution in [0.2, 0.25) is 0 Å². The highest BCUT2D eigenvalue weighted by molar-refractivity contribution is 9.10. The molecule has 1 atom stereocenters. The molecule has 1 fully saturated rings. The number of likely N-dealkylation sites (N-methyl/N-ethyl adjacent to an activating group) is 1. The molecule has 2 aromatic rings. The molecule has 148 valence electrons. The van der Waals surface area contributed by atoms with Gasteiger partial charge in [0.2, 0.25) is 0 Å². The van der Waals surface area contributed by atoms with Gasteiger partial charge in [0.1, 0.15) is 0 Å². The minimum atomic E-state index is -0.0412. The molecule has 1 amide bonds. The van der Waals surface area contributed by atoms with E-state index in [1.807, 2.05) is 24.3 Å². The van der Waals surface area contributed by atoms with Crippen LogP contribution in [0, 0.1) is 0 Å². The Kier molecular flexibility index (Phi) is 5.99. The second-order valence-electron chi connectivity index (χ2n) is 7.44. The number of anilines is 1. The third-order valence-electron chi connectivity index (χ3n) is 5.65. The normalized spacial score (nSPS) is 18.0. The van der Waals surface area contributed by atoms with Gasteiger partial charge < -0.3 is 15.0 Å². The van der Waals surface area contributed by atoms with E-state index in [0.717, 1.165) is 43.7 Å². The third kappa shape index (κ3) is 4.24. The Bertz CT molecular complexity index is 851. The number of carbonyl (C=O) groups excluding carboxylic acids is 1. The lowest BCUT2D eigenvalue weighted by molar-refractivity contribution is 0.0162. The fourth-order valence-electron chi connectivity index (χ4n) is 4.06. The molecule has 0 spiro atoms. The maximum Gasteiger partial charge on any atom is 0.251 e. The average molecular weight is 444 g/mol. The van der Waals surface area contributed by atoms with Crippen LogP contribution in [0.15, 0.2) is 46.9 Å². The minimum absolute atomic E-state index is 0.0412. The van der Waals surface area contributed by atoms with Crippen molar-refractivity contribution in [1.82, 2.24) is 10.2 Å². The largest absolute Gasteiger partial charge is 0.379 e. The molecular weight excluding hydrogens is 418 g/mol. The average Bonchev–Trinajstić information content (AvgIpc) is 3.09. The Hall–Kier alpha value is -1.89. The Morgan fingerprint density at radius 1 is 1.18 bits per heavy atom. The standard InChI is InChI=1S/C22H26BrN3O2/c1-25-8-7-17-13-16(5-6-20(17)25)21(26-9-11-28-12-10-26)15-24-22(27)18-3-2-4-19(23)14-18/h2-6,13-14,21H,7-12,15H2,1H3,(H,24,27)/t21-/m1/s1. The molecule has 2 aliphatic rings. The van der Waals surface area contributed by atoms with Crippen molar-refractivity contribution in [1.29, 1.82) is 0 Å². The lowest BCUT2D eigenvalue weighted by Crippen LogP contribution is -2.43. The molecule has 0 unspecified atom stereocenters. The van der Waals surface area contributed by atoms with E-state index in [-0.39, 0.29) is 11.9 Å². The van der Waals surface area contributed by atoms with Gasteiger partial charge in [-0.25, -0.2) is 0 Å². The van der Waals surface area contributed by atoms with Crippen molar-refractivity contribution < 1.29 is 9.53 Å². The first-order chi connectivity index (χ1) is 13.6. The molecule has 0 saturated carbocycles. The van der Waals surface area contributed by atoms with Gasteiger partial charge in [0.25, 0.3) is 5.91 Å². The van der Waals surface area contributed by atoms with Crippen molar-refractivity contribution in [3.05, 3.63) is 63.6 Å². The minimum Gasteiger partial charge on any atom is -0.379 e. The summed E-state index contributed by atoms with van der Waals surface area (Å²) in [6.45, 7) is 4.90. The highest BCUT2D eigenvalue weighted by Gasteiger charge is 2.25. The number of halogens is 1. The molecule has 0 radical (unpaired) electrons. The summed E-state index contributed by atoms with van der Waals surface area (Å²) < 4.78 is 6.45. The highest BCUT2D eigenvalue weighted by Crippen LogP contribution is 2.31. The Morgan fingerprint density at radius 3 is 2.79 bits per heavy atom. The van der Waals surface area contributed by atoms with E-state index in [2.05, 4.69) is 56.3 Å². The van der Waals surface area contributed by atoms with Crippen LogP contribution in [0.4, 0.5) is 5.69 Å². The molecule has 0 bridgehead atoms. The second-order valence-corrected chi connectivity index (χ2v) is 8.36. The van der Waals surface area contributed by atoms with E-state index < -0.39 is 0 Å². The number of nitrogens with zero attached hydrogens (tertiary/aromatic N) is 2. The van der Waals surface area contributed by atoms with Gasteiger partial charge in [0.15, 0.2) is 0 Å². The number of hydrogen-bond donors (Lipinski definition) is 1. The molecule has 2 heterocycles. The number of nitrogens with one attached hydrogen (secondary N) is 1. The lowest BCUT2D eigenvalue weighted by atomic mass is 10.00. The van der Waals surface area contributed by atoms with Gasteiger partial charge in [-0.2, -0.15) is 0 Å². The summed E-state index contributed by atoms with van der Waals surface area (Å²) in [6.07, 6.45) is 1.08. The van der Waals surface area contributed by atoms with Gasteiger partial charge in [-0.15, -0.1) is 0 Å². The summed E-state index contributed by atoms with van der Waals surface area (Å²) in [6, 6.07) is 14.4. The van der Waals surface area contributed by atoms with Crippen LogP contribution >= 0.6 is 15.9 Å².